The number of allylic oxidation sites excluding steroid dienone is 1. The summed E-state index contributed by atoms with van der Waals surface area (Å²) in [5, 5.41) is 1.05. The van der Waals surface area contributed by atoms with Crippen LogP contribution in [0, 0.1) is 0 Å². The van der Waals surface area contributed by atoms with E-state index in [4.69, 9.17) is 4.74 Å². The smallest absolute Gasteiger partial charge is 0.337 e. The number of fused-ring (bicyclic) bond motifs is 1. The quantitative estimate of drug-likeness (QED) is 0.653. The van der Waals surface area contributed by atoms with Gasteiger partial charge in [-0.15, -0.1) is 0 Å². The molecule has 1 saturated heterocycles. The Bertz CT molecular complexity index is 376. The summed E-state index contributed by atoms with van der Waals surface area (Å²) in [6.07, 6.45) is 1.14. The van der Waals surface area contributed by atoms with Crippen LogP contribution in [-0.4, -0.2) is 41.5 Å². The van der Waals surface area contributed by atoms with E-state index in [0.717, 1.165) is 29.6 Å². The van der Waals surface area contributed by atoms with E-state index in [0.29, 0.717) is 5.57 Å². The molecular formula is C11H16N2O2S. The number of thioether (sulfide) groups is 1. The Hall–Kier alpha value is -0.970. The molecule has 1 fully saturated rings. The average Bonchev–Trinajstić information content (AvgIpc) is 2.28. The summed E-state index contributed by atoms with van der Waals surface area (Å²) in [7, 11) is 1.42. The SMILES string of the molecule is COC(=O)C1=C(C)N=C2SCCCN2[C@H]1C. The minimum absolute atomic E-state index is 0.0766. The largest absolute Gasteiger partial charge is 0.466 e. The zero-order valence-electron chi connectivity index (χ0n) is 9.82. The molecule has 2 rings (SSSR count). The van der Waals surface area contributed by atoms with Crippen molar-refractivity contribution >= 4 is 22.9 Å². The number of aliphatic imine (C=N–C) groups is 1. The second-order valence-corrected chi connectivity index (χ2v) is 5.02. The fraction of sp³-hybridized carbons (Fsp3) is 0.636. The number of rotatable bonds is 1. The molecule has 5 heteroatoms. The number of carbonyl (C=O) groups excluding carboxylic acids is 1. The highest BCUT2D eigenvalue weighted by atomic mass is 32.2. The third-order valence-corrected chi connectivity index (χ3v) is 4.04. The van der Waals surface area contributed by atoms with Gasteiger partial charge in [-0.2, -0.15) is 0 Å². The van der Waals surface area contributed by atoms with E-state index < -0.39 is 0 Å². The Morgan fingerprint density at radius 3 is 3.06 bits per heavy atom. The monoisotopic (exact) mass is 240 g/mol. The number of carbonyl (C=O) groups is 1. The van der Waals surface area contributed by atoms with Gasteiger partial charge in [0.15, 0.2) is 5.17 Å². The minimum atomic E-state index is -0.261. The molecule has 0 bridgehead atoms. The average molecular weight is 240 g/mol. The van der Waals surface area contributed by atoms with E-state index in [-0.39, 0.29) is 12.0 Å². The van der Waals surface area contributed by atoms with Gasteiger partial charge < -0.3 is 9.64 Å². The van der Waals surface area contributed by atoms with E-state index in [1.807, 2.05) is 13.8 Å². The van der Waals surface area contributed by atoms with Crippen LogP contribution in [0.5, 0.6) is 0 Å². The molecule has 0 N–H and O–H groups in total. The van der Waals surface area contributed by atoms with Gasteiger partial charge in [-0.25, -0.2) is 9.79 Å². The third kappa shape index (κ3) is 1.84. The van der Waals surface area contributed by atoms with E-state index in [1.165, 1.54) is 7.11 Å². The first-order valence-electron chi connectivity index (χ1n) is 5.42. The summed E-state index contributed by atoms with van der Waals surface area (Å²) in [4.78, 5) is 18.4. The van der Waals surface area contributed by atoms with E-state index >= 15 is 0 Å². The van der Waals surface area contributed by atoms with Crippen LogP contribution in [0.3, 0.4) is 0 Å². The summed E-state index contributed by atoms with van der Waals surface area (Å²) >= 11 is 1.77. The fourth-order valence-electron chi connectivity index (χ4n) is 2.12. The van der Waals surface area contributed by atoms with Gasteiger partial charge in [-0.3, -0.25) is 0 Å². The number of esters is 1. The van der Waals surface area contributed by atoms with Gasteiger partial charge in [0.2, 0.25) is 0 Å². The molecule has 16 heavy (non-hydrogen) atoms. The molecule has 0 aromatic carbocycles. The van der Waals surface area contributed by atoms with E-state index in [2.05, 4.69) is 9.89 Å². The Kier molecular flexibility index (Phi) is 3.23. The van der Waals surface area contributed by atoms with Gasteiger partial charge in [-0.05, 0) is 20.3 Å². The molecule has 0 aromatic heterocycles. The molecule has 0 saturated carbocycles. The highest BCUT2D eigenvalue weighted by molar-refractivity contribution is 8.13. The molecule has 0 aliphatic carbocycles. The van der Waals surface area contributed by atoms with Crippen LogP contribution in [0.4, 0.5) is 0 Å². The Balaban J connectivity index is 2.36. The molecule has 0 aromatic rings. The molecule has 2 aliphatic rings. The maximum Gasteiger partial charge on any atom is 0.337 e. The lowest BCUT2D eigenvalue weighted by molar-refractivity contribution is -0.136. The van der Waals surface area contributed by atoms with Crippen LogP contribution in [-0.2, 0) is 9.53 Å². The topological polar surface area (TPSA) is 41.9 Å². The van der Waals surface area contributed by atoms with Crippen LogP contribution >= 0.6 is 11.8 Å². The van der Waals surface area contributed by atoms with Crippen LogP contribution in [0.25, 0.3) is 0 Å². The van der Waals surface area contributed by atoms with Crippen molar-refractivity contribution in [3.05, 3.63) is 11.3 Å². The maximum absolute atomic E-state index is 11.7. The third-order valence-electron chi connectivity index (χ3n) is 2.96. The van der Waals surface area contributed by atoms with E-state index in [9.17, 15) is 4.79 Å². The van der Waals surface area contributed by atoms with Crippen LogP contribution < -0.4 is 0 Å². The number of hydrogen-bond donors (Lipinski definition) is 0. The highest BCUT2D eigenvalue weighted by Gasteiger charge is 2.33. The summed E-state index contributed by atoms with van der Waals surface area (Å²) in [6.45, 7) is 4.89. The first kappa shape index (κ1) is 11.5. The van der Waals surface area contributed by atoms with Crippen molar-refractivity contribution in [2.75, 3.05) is 19.4 Å². The maximum atomic E-state index is 11.7. The number of amidine groups is 1. The molecule has 4 nitrogen and oxygen atoms in total. The number of methoxy groups -OCH3 is 1. The van der Waals surface area contributed by atoms with Crippen molar-refractivity contribution < 1.29 is 9.53 Å². The molecule has 0 amide bonds. The summed E-state index contributed by atoms with van der Waals surface area (Å²) < 4.78 is 4.81. The molecule has 88 valence electrons. The molecule has 2 heterocycles. The molecule has 1 atom stereocenters. The fourth-order valence-corrected chi connectivity index (χ4v) is 3.20. The zero-order valence-corrected chi connectivity index (χ0v) is 10.6. The van der Waals surface area contributed by atoms with Crippen molar-refractivity contribution in [3.8, 4) is 0 Å². The summed E-state index contributed by atoms with van der Waals surface area (Å²) in [6, 6.07) is 0.0766. The van der Waals surface area contributed by atoms with Gasteiger partial charge in [0, 0.05) is 12.3 Å². The second-order valence-electron chi connectivity index (χ2n) is 3.96. The van der Waals surface area contributed by atoms with Gasteiger partial charge in [-0.1, -0.05) is 11.8 Å². The Labute approximate surface area is 99.7 Å². The van der Waals surface area contributed by atoms with Crippen molar-refractivity contribution in [3.63, 3.8) is 0 Å². The first-order valence-corrected chi connectivity index (χ1v) is 6.41. The van der Waals surface area contributed by atoms with Crippen molar-refractivity contribution in [1.29, 1.82) is 0 Å². The van der Waals surface area contributed by atoms with Crippen LogP contribution in [0.15, 0.2) is 16.3 Å². The van der Waals surface area contributed by atoms with Gasteiger partial charge >= 0.3 is 5.97 Å². The second kappa shape index (κ2) is 4.49. The first-order chi connectivity index (χ1) is 7.65. The van der Waals surface area contributed by atoms with Crippen molar-refractivity contribution in [2.45, 2.75) is 26.3 Å². The molecule has 0 spiro atoms. The van der Waals surface area contributed by atoms with Gasteiger partial charge in [0.25, 0.3) is 0 Å². The standard InChI is InChI=1S/C11H16N2O2S/c1-7-9(10(14)15-3)8(2)13-5-4-6-16-11(13)12-7/h8H,4-6H2,1-3H3/t8-/m0/s1. The molecule has 0 radical (unpaired) electrons. The zero-order chi connectivity index (χ0) is 11.7. The van der Waals surface area contributed by atoms with Gasteiger partial charge in [0.05, 0.1) is 24.4 Å². The molecule has 2 aliphatic heterocycles. The lowest BCUT2D eigenvalue weighted by atomic mass is 10.0. The summed E-state index contributed by atoms with van der Waals surface area (Å²) in [5.74, 6) is 0.853. The summed E-state index contributed by atoms with van der Waals surface area (Å²) in [5.41, 5.74) is 1.48. The predicted molar refractivity (Wildman–Crippen MR) is 65.4 cm³/mol. The van der Waals surface area contributed by atoms with Crippen LogP contribution in [0.1, 0.15) is 20.3 Å². The van der Waals surface area contributed by atoms with Crippen LogP contribution in [0.2, 0.25) is 0 Å². The Morgan fingerprint density at radius 1 is 1.62 bits per heavy atom. The number of nitrogens with zero attached hydrogens (tertiary/aromatic N) is 2. The highest BCUT2D eigenvalue weighted by Crippen LogP contribution is 2.30. The number of hydrogen-bond acceptors (Lipinski definition) is 5. The van der Waals surface area contributed by atoms with E-state index in [1.54, 1.807) is 11.8 Å². The lowest BCUT2D eigenvalue weighted by Gasteiger charge is -2.38. The predicted octanol–water partition coefficient (Wildman–Crippen LogP) is 1.63. The molecule has 0 unspecified atom stereocenters. The Morgan fingerprint density at radius 2 is 2.38 bits per heavy atom. The normalized spacial score (nSPS) is 25.1. The molecular weight excluding hydrogens is 224 g/mol. The minimum Gasteiger partial charge on any atom is -0.466 e. The number of ether oxygens (including phenoxy) is 1. The lowest BCUT2D eigenvalue weighted by Crippen LogP contribution is -2.45. The van der Waals surface area contributed by atoms with Gasteiger partial charge in [0.1, 0.15) is 0 Å². The van der Waals surface area contributed by atoms with Crippen molar-refractivity contribution in [2.24, 2.45) is 4.99 Å². The van der Waals surface area contributed by atoms with Crippen molar-refractivity contribution in [1.82, 2.24) is 4.90 Å².